The SMILES string of the molecule is Cn1cc(-c2cc(-c3c(F)cc(C4CCCN4)cc3C(F)(F)F)[nH]n2)cn1. The summed E-state index contributed by atoms with van der Waals surface area (Å²) < 4.78 is 57.4. The summed E-state index contributed by atoms with van der Waals surface area (Å²) in [6.45, 7) is 0.713. The number of hydrogen-bond acceptors (Lipinski definition) is 3. The number of halogens is 4. The van der Waals surface area contributed by atoms with E-state index >= 15 is 0 Å². The molecule has 3 aromatic rings. The Bertz CT molecular complexity index is 967. The van der Waals surface area contributed by atoms with Crippen LogP contribution in [0.5, 0.6) is 0 Å². The molecule has 0 bridgehead atoms. The van der Waals surface area contributed by atoms with Gasteiger partial charge in [0.1, 0.15) is 5.82 Å². The van der Waals surface area contributed by atoms with Crippen LogP contribution in [-0.2, 0) is 13.2 Å². The Kier molecular flexibility index (Phi) is 4.26. The Hall–Kier alpha value is -2.68. The first-order valence-electron chi connectivity index (χ1n) is 8.52. The molecule has 1 fully saturated rings. The smallest absolute Gasteiger partial charge is 0.310 e. The second kappa shape index (κ2) is 6.49. The lowest BCUT2D eigenvalue weighted by Crippen LogP contribution is -2.16. The second-order valence-electron chi connectivity index (χ2n) is 6.64. The van der Waals surface area contributed by atoms with Crippen molar-refractivity contribution in [2.45, 2.75) is 25.1 Å². The van der Waals surface area contributed by atoms with Crippen LogP contribution < -0.4 is 5.32 Å². The summed E-state index contributed by atoms with van der Waals surface area (Å²) in [6, 6.07) is 3.35. The summed E-state index contributed by atoms with van der Waals surface area (Å²) in [5.41, 5.74) is -0.218. The molecule has 9 heteroatoms. The number of aryl methyl sites for hydroxylation is 1. The Morgan fingerprint density at radius 2 is 2.04 bits per heavy atom. The lowest BCUT2D eigenvalue weighted by Gasteiger charge is -2.18. The monoisotopic (exact) mass is 379 g/mol. The van der Waals surface area contributed by atoms with Crippen LogP contribution in [0, 0.1) is 5.82 Å². The van der Waals surface area contributed by atoms with Crippen LogP contribution in [0.1, 0.15) is 30.0 Å². The van der Waals surface area contributed by atoms with Crippen molar-refractivity contribution < 1.29 is 17.6 Å². The number of H-pyrrole nitrogens is 1. The fraction of sp³-hybridized carbons (Fsp3) is 0.333. The highest BCUT2D eigenvalue weighted by Crippen LogP contribution is 2.41. The van der Waals surface area contributed by atoms with Crippen molar-refractivity contribution in [1.29, 1.82) is 0 Å². The largest absolute Gasteiger partial charge is 0.417 e. The highest BCUT2D eigenvalue weighted by atomic mass is 19.4. The lowest BCUT2D eigenvalue weighted by molar-refractivity contribution is -0.137. The summed E-state index contributed by atoms with van der Waals surface area (Å²) in [4.78, 5) is 0. The summed E-state index contributed by atoms with van der Waals surface area (Å²) in [7, 11) is 1.72. The van der Waals surface area contributed by atoms with E-state index in [1.165, 1.54) is 18.3 Å². The number of rotatable bonds is 3. The van der Waals surface area contributed by atoms with Crippen molar-refractivity contribution in [3.8, 4) is 22.5 Å². The number of nitrogens with one attached hydrogen (secondary N) is 2. The Morgan fingerprint density at radius 3 is 2.67 bits per heavy atom. The molecule has 1 unspecified atom stereocenters. The molecule has 1 saturated heterocycles. The summed E-state index contributed by atoms with van der Waals surface area (Å²) in [6.07, 6.45) is 0.0613. The van der Waals surface area contributed by atoms with E-state index in [0.29, 0.717) is 29.8 Å². The van der Waals surface area contributed by atoms with Crippen LogP contribution in [0.25, 0.3) is 22.5 Å². The predicted molar refractivity (Wildman–Crippen MR) is 91.2 cm³/mol. The first kappa shape index (κ1) is 17.7. The van der Waals surface area contributed by atoms with Crippen LogP contribution >= 0.6 is 0 Å². The van der Waals surface area contributed by atoms with Gasteiger partial charge in [0.2, 0.25) is 0 Å². The van der Waals surface area contributed by atoms with Crippen LogP contribution in [0.15, 0.2) is 30.6 Å². The van der Waals surface area contributed by atoms with Crippen LogP contribution in [0.2, 0.25) is 0 Å². The first-order chi connectivity index (χ1) is 12.8. The third-order valence-corrected chi connectivity index (χ3v) is 4.73. The van der Waals surface area contributed by atoms with Crippen molar-refractivity contribution in [3.63, 3.8) is 0 Å². The molecule has 3 heterocycles. The molecule has 2 N–H and O–H groups in total. The molecule has 1 aliphatic rings. The van der Waals surface area contributed by atoms with Crippen LogP contribution in [0.3, 0.4) is 0 Å². The van der Waals surface area contributed by atoms with Crippen molar-refractivity contribution in [2.24, 2.45) is 7.05 Å². The number of hydrogen-bond donors (Lipinski definition) is 2. The molecular weight excluding hydrogens is 362 g/mol. The van der Waals surface area contributed by atoms with Gasteiger partial charge in [0.15, 0.2) is 0 Å². The highest BCUT2D eigenvalue weighted by Gasteiger charge is 2.37. The van der Waals surface area contributed by atoms with E-state index in [4.69, 9.17) is 0 Å². The molecule has 0 saturated carbocycles. The number of nitrogens with zero attached hydrogens (tertiary/aromatic N) is 3. The maximum Gasteiger partial charge on any atom is 0.417 e. The minimum absolute atomic E-state index is 0.0235. The van der Waals surface area contributed by atoms with Crippen molar-refractivity contribution in [1.82, 2.24) is 25.3 Å². The molecule has 0 aliphatic carbocycles. The minimum atomic E-state index is -4.69. The maximum atomic E-state index is 14.8. The Labute approximate surface area is 152 Å². The molecule has 1 aromatic carbocycles. The van der Waals surface area contributed by atoms with E-state index in [9.17, 15) is 17.6 Å². The molecule has 1 aliphatic heterocycles. The molecule has 1 atom stereocenters. The third kappa shape index (κ3) is 3.34. The summed E-state index contributed by atoms with van der Waals surface area (Å²) in [5.74, 6) is -0.921. The van der Waals surface area contributed by atoms with Gasteiger partial charge in [-0.25, -0.2) is 4.39 Å². The number of aromatic nitrogens is 4. The van der Waals surface area contributed by atoms with Crippen molar-refractivity contribution in [3.05, 3.63) is 47.5 Å². The third-order valence-electron chi connectivity index (χ3n) is 4.73. The van der Waals surface area contributed by atoms with E-state index in [2.05, 4.69) is 20.6 Å². The Balaban J connectivity index is 1.81. The van der Waals surface area contributed by atoms with E-state index in [1.807, 2.05) is 0 Å². The van der Waals surface area contributed by atoms with Gasteiger partial charge in [-0.15, -0.1) is 0 Å². The van der Waals surface area contributed by atoms with Gasteiger partial charge in [0.05, 0.1) is 23.1 Å². The molecule has 0 radical (unpaired) electrons. The maximum absolute atomic E-state index is 14.8. The second-order valence-corrected chi connectivity index (χ2v) is 6.64. The minimum Gasteiger partial charge on any atom is -0.310 e. The standard InChI is InChI=1S/C18H17F4N5/c1-27-9-11(8-24-27)15-7-16(26-25-15)17-12(18(20,21)22)5-10(6-13(17)19)14-3-2-4-23-14/h5-9,14,23H,2-4H2,1H3,(H,25,26). The fourth-order valence-electron chi connectivity index (χ4n) is 3.45. The van der Waals surface area contributed by atoms with Crippen molar-refractivity contribution in [2.75, 3.05) is 6.54 Å². The highest BCUT2D eigenvalue weighted by molar-refractivity contribution is 5.71. The van der Waals surface area contributed by atoms with Gasteiger partial charge in [-0.3, -0.25) is 9.78 Å². The molecule has 0 amide bonds. The zero-order chi connectivity index (χ0) is 19.2. The zero-order valence-corrected chi connectivity index (χ0v) is 14.4. The van der Waals surface area contributed by atoms with Gasteiger partial charge in [-0.1, -0.05) is 0 Å². The zero-order valence-electron chi connectivity index (χ0n) is 14.4. The van der Waals surface area contributed by atoms with E-state index < -0.39 is 23.1 Å². The summed E-state index contributed by atoms with van der Waals surface area (Å²) >= 11 is 0. The average molecular weight is 379 g/mol. The van der Waals surface area contributed by atoms with E-state index in [1.54, 1.807) is 17.9 Å². The number of benzene rings is 1. The van der Waals surface area contributed by atoms with Gasteiger partial charge < -0.3 is 5.32 Å². The molecule has 5 nitrogen and oxygen atoms in total. The Morgan fingerprint density at radius 1 is 1.22 bits per heavy atom. The van der Waals surface area contributed by atoms with E-state index in [-0.39, 0.29) is 11.7 Å². The van der Waals surface area contributed by atoms with Gasteiger partial charge in [0, 0.05) is 30.4 Å². The molecule has 2 aromatic heterocycles. The predicted octanol–water partition coefficient (Wildman–Crippen LogP) is 4.06. The van der Waals surface area contributed by atoms with Gasteiger partial charge >= 0.3 is 6.18 Å². The van der Waals surface area contributed by atoms with Crippen LogP contribution in [-0.4, -0.2) is 26.5 Å². The van der Waals surface area contributed by atoms with E-state index in [0.717, 1.165) is 12.5 Å². The van der Waals surface area contributed by atoms with Gasteiger partial charge in [0.25, 0.3) is 0 Å². The molecule has 4 rings (SSSR count). The lowest BCUT2D eigenvalue weighted by atomic mass is 9.95. The topological polar surface area (TPSA) is 58.5 Å². The first-order valence-corrected chi connectivity index (χ1v) is 8.52. The molecule has 27 heavy (non-hydrogen) atoms. The summed E-state index contributed by atoms with van der Waals surface area (Å²) in [5, 5.41) is 13.7. The molecular formula is C18H17F4N5. The van der Waals surface area contributed by atoms with Gasteiger partial charge in [-0.2, -0.15) is 23.4 Å². The fourth-order valence-corrected chi connectivity index (χ4v) is 3.45. The van der Waals surface area contributed by atoms with Crippen molar-refractivity contribution >= 4 is 0 Å². The van der Waals surface area contributed by atoms with Gasteiger partial charge in [-0.05, 0) is 43.1 Å². The normalized spacial score (nSPS) is 17.6. The molecule has 0 spiro atoms. The average Bonchev–Trinajstić information content (AvgIpc) is 3.34. The van der Waals surface area contributed by atoms with Crippen LogP contribution in [0.4, 0.5) is 17.6 Å². The quantitative estimate of drug-likeness (QED) is 0.675. The molecule has 142 valence electrons. The number of aromatic amines is 1. The number of alkyl halides is 3.